The van der Waals surface area contributed by atoms with Crippen LogP contribution in [0.25, 0.3) is 0 Å². The zero-order valence-corrected chi connectivity index (χ0v) is 14.1. The molecule has 2 aromatic rings. The molecule has 0 unspecified atom stereocenters. The van der Waals surface area contributed by atoms with E-state index in [1.165, 1.54) is 35.2 Å². The second-order valence-corrected chi connectivity index (χ2v) is 6.35. The standard InChI is InChI=1S/C18H16F3N3O3/c19-18(20,21)14-4-2-1-3-12(14)10-23(13-6-7-13)17(25)11-5-8-15(22)16(9-11)24(26)27/h1-5,8-9,13H,6-7,10,22H2. The van der Waals surface area contributed by atoms with E-state index >= 15 is 0 Å². The van der Waals surface area contributed by atoms with Gasteiger partial charge in [0.2, 0.25) is 0 Å². The van der Waals surface area contributed by atoms with Gasteiger partial charge in [-0.25, -0.2) is 0 Å². The molecule has 0 saturated heterocycles. The molecule has 0 radical (unpaired) electrons. The van der Waals surface area contributed by atoms with Crippen LogP contribution in [0.1, 0.15) is 34.3 Å². The fourth-order valence-electron chi connectivity index (χ4n) is 2.87. The molecule has 0 aromatic heterocycles. The molecule has 9 heteroatoms. The second-order valence-electron chi connectivity index (χ2n) is 6.35. The molecular formula is C18H16F3N3O3. The fourth-order valence-corrected chi connectivity index (χ4v) is 2.87. The van der Waals surface area contributed by atoms with E-state index in [4.69, 9.17) is 5.73 Å². The third-order valence-corrected chi connectivity index (χ3v) is 4.39. The number of amides is 1. The predicted octanol–water partition coefficient (Wildman–Crippen LogP) is 4.00. The van der Waals surface area contributed by atoms with Crippen LogP contribution in [0, 0.1) is 10.1 Å². The third-order valence-electron chi connectivity index (χ3n) is 4.39. The Bertz CT molecular complexity index is 895. The van der Waals surface area contributed by atoms with Gasteiger partial charge in [0.15, 0.2) is 0 Å². The summed E-state index contributed by atoms with van der Waals surface area (Å²) in [5, 5.41) is 11.0. The first-order valence-corrected chi connectivity index (χ1v) is 8.18. The number of nitrogens with two attached hydrogens (primary N) is 1. The van der Waals surface area contributed by atoms with E-state index in [-0.39, 0.29) is 29.4 Å². The zero-order chi connectivity index (χ0) is 19.8. The summed E-state index contributed by atoms with van der Waals surface area (Å²) < 4.78 is 39.7. The lowest BCUT2D eigenvalue weighted by Gasteiger charge is -2.24. The minimum absolute atomic E-state index is 0.0183. The summed E-state index contributed by atoms with van der Waals surface area (Å²) in [5.74, 6) is -0.558. The van der Waals surface area contributed by atoms with Crippen LogP contribution in [0.4, 0.5) is 24.5 Å². The summed E-state index contributed by atoms with van der Waals surface area (Å²) in [4.78, 5) is 24.5. The first-order chi connectivity index (χ1) is 12.7. The molecule has 142 valence electrons. The Morgan fingerprint density at radius 2 is 1.89 bits per heavy atom. The van der Waals surface area contributed by atoms with E-state index in [1.54, 1.807) is 0 Å². The van der Waals surface area contributed by atoms with Crippen molar-refractivity contribution in [2.75, 3.05) is 5.73 Å². The van der Waals surface area contributed by atoms with Crippen LogP contribution < -0.4 is 5.73 Å². The van der Waals surface area contributed by atoms with Crippen molar-refractivity contribution in [2.24, 2.45) is 0 Å². The van der Waals surface area contributed by atoms with Crippen molar-refractivity contribution < 1.29 is 22.9 Å². The largest absolute Gasteiger partial charge is 0.416 e. The van der Waals surface area contributed by atoms with Crippen molar-refractivity contribution in [1.29, 1.82) is 0 Å². The Balaban J connectivity index is 1.93. The van der Waals surface area contributed by atoms with Crippen molar-refractivity contribution in [2.45, 2.75) is 31.6 Å². The van der Waals surface area contributed by atoms with Gasteiger partial charge in [0.05, 0.1) is 10.5 Å². The summed E-state index contributed by atoms with van der Waals surface area (Å²) in [6, 6.07) is 8.54. The van der Waals surface area contributed by atoms with E-state index in [2.05, 4.69) is 0 Å². The first kappa shape index (κ1) is 18.7. The van der Waals surface area contributed by atoms with Gasteiger partial charge in [-0.05, 0) is 36.6 Å². The Hall–Kier alpha value is -3.10. The highest BCUT2D eigenvalue weighted by molar-refractivity contribution is 5.96. The normalized spacial score (nSPS) is 14.0. The summed E-state index contributed by atoms with van der Waals surface area (Å²) >= 11 is 0. The lowest BCUT2D eigenvalue weighted by atomic mass is 10.1. The summed E-state index contributed by atoms with van der Waals surface area (Å²) in [6.45, 7) is -0.225. The van der Waals surface area contributed by atoms with Gasteiger partial charge in [-0.2, -0.15) is 13.2 Å². The number of anilines is 1. The van der Waals surface area contributed by atoms with E-state index in [0.29, 0.717) is 12.8 Å². The maximum absolute atomic E-state index is 13.2. The van der Waals surface area contributed by atoms with Crippen molar-refractivity contribution in [3.05, 3.63) is 69.3 Å². The lowest BCUT2D eigenvalue weighted by molar-refractivity contribution is -0.383. The van der Waals surface area contributed by atoms with E-state index in [1.807, 2.05) is 0 Å². The topological polar surface area (TPSA) is 89.5 Å². The van der Waals surface area contributed by atoms with Gasteiger partial charge < -0.3 is 10.6 Å². The van der Waals surface area contributed by atoms with Crippen molar-refractivity contribution in [1.82, 2.24) is 4.90 Å². The highest BCUT2D eigenvalue weighted by atomic mass is 19.4. The molecule has 2 aromatic carbocycles. The maximum atomic E-state index is 13.2. The number of nitrogen functional groups attached to an aromatic ring is 1. The molecule has 1 saturated carbocycles. The zero-order valence-electron chi connectivity index (χ0n) is 14.1. The first-order valence-electron chi connectivity index (χ1n) is 8.18. The average Bonchev–Trinajstić information content (AvgIpc) is 3.43. The van der Waals surface area contributed by atoms with Gasteiger partial charge in [0.25, 0.3) is 11.6 Å². The summed E-state index contributed by atoms with van der Waals surface area (Å²) in [7, 11) is 0. The summed E-state index contributed by atoms with van der Waals surface area (Å²) in [6.07, 6.45) is -3.18. The highest BCUT2D eigenvalue weighted by Crippen LogP contribution is 2.35. The molecule has 6 nitrogen and oxygen atoms in total. The number of halogens is 3. The van der Waals surface area contributed by atoms with Gasteiger partial charge in [-0.3, -0.25) is 14.9 Å². The number of nitro groups is 1. The minimum Gasteiger partial charge on any atom is -0.393 e. The number of hydrogen-bond acceptors (Lipinski definition) is 4. The Kier molecular flexibility index (Phi) is 4.77. The molecule has 1 fully saturated rings. The maximum Gasteiger partial charge on any atom is 0.416 e. The van der Waals surface area contributed by atoms with Gasteiger partial charge >= 0.3 is 6.18 Å². The van der Waals surface area contributed by atoms with Crippen LogP contribution >= 0.6 is 0 Å². The number of carbonyl (C=O) groups excluding carboxylic acids is 1. The molecule has 0 spiro atoms. The average molecular weight is 379 g/mol. The van der Waals surface area contributed by atoms with Crippen LogP contribution in [0.2, 0.25) is 0 Å². The summed E-state index contributed by atoms with van der Waals surface area (Å²) in [5.41, 5.74) is 4.25. The van der Waals surface area contributed by atoms with Crippen LogP contribution in [0.3, 0.4) is 0 Å². The number of nitro benzene ring substituents is 1. The number of hydrogen-bond donors (Lipinski definition) is 1. The molecule has 2 N–H and O–H groups in total. The molecule has 1 aliphatic rings. The molecule has 1 aliphatic carbocycles. The van der Waals surface area contributed by atoms with Gasteiger partial charge in [-0.15, -0.1) is 0 Å². The van der Waals surface area contributed by atoms with Crippen LogP contribution in [0.15, 0.2) is 42.5 Å². The van der Waals surface area contributed by atoms with Crippen LogP contribution in [-0.2, 0) is 12.7 Å². The predicted molar refractivity (Wildman–Crippen MR) is 91.8 cm³/mol. The minimum atomic E-state index is -4.53. The molecule has 27 heavy (non-hydrogen) atoms. The number of rotatable bonds is 5. The molecular weight excluding hydrogens is 363 g/mol. The third kappa shape index (κ3) is 4.02. The monoisotopic (exact) mass is 379 g/mol. The second kappa shape index (κ2) is 6.90. The lowest BCUT2D eigenvalue weighted by Crippen LogP contribution is -2.33. The molecule has 1 amide bonds. The van der Waals surface area contributed by atoms with E-state index in [9.17, 15) is 28.1 Å². The molecule has 0 aliphatic heterocycles. The quantitative estimate of drug-likeness (QED) is 0.483. The molecule has 0 heterocycles. The Morgan fingerprint density at radius 3 is 2.48 bits per heavy atom. The van der Waals surface area contributed by atoms with E-state index < -0.39 is 28.3 Å². The van der Waals surface area contributed by atoms with Gasteiger partial charge in [0.1, 0.15) is 5.69 Å². The Labute approximate surface area is 152 Å². The highest BCUT2D eigenvalue weighted by Gasteiger charge is 2.37. The van der Waals surface area contributed by atoms with Gasteiger partial charge in [0, 0.05) is 24.2 Å². The number of alkyl halides is 3. The smallest absolute Gasteiger partial charge is 0.393 e. The van der Waals surface area contributed by atoms with Crippen LogP contribution in [-0.4, -0.2) is 21.8 Å². The van der Waals surface area contributed by atoms with Crippen molar-refractivity contribution in [3.8, 4) is 0 Å². The SMILES string of the molecule is Nc1ccc(C(=O)N(Cc2ccccc2C(F)(F)F)C2CC2)cc1[N+](=O)[O-]. The van der Waals surface area contributed by atoms with Gasteiger partial charge in [-0.1, -0.05) is 18.2 Å². The fraction of sp³-hybridized carbons (Fsp3) is 0.278. The molecule has 3 rings (SSSR count). The van der Waals surface area contributed by atoms with Crippen LogP contribution in [0.5, 0.6) is 0 Å². The molecule has 0 bridgehead atoms. The number of carbonyl (C=O) groups is 1. The van der Waals surface area contributed by atoms with E-state index in [0.717, 1.165) is 12.1 Å². The number of nitrogens with zero attached hydrogens (tertiary/aromatic N) is 2. The molecule has 0 atom stereocenters. The number of benzene rings is 2. The van der Waals surface area contributed by atoms with Crippen molar-refractivity contribution >= 4 is 17.3 Å². The Morgan fingerprint density at radius 1 is 1.22 bits per heavy atom. The van der Waals surface area contributed by atoms with Crippen molar-refractivity contribution in [3.63, 3.8) is 0 Å².